The van der Waals surface area contributed by atoms with Crippen LogP contribution in [0.5, 0.6) is 5.75 Å². The molecule has 0 heterocycles. The van der Waals surface area contributed by atoms with E-state index in [1.54, 1.807) is 12.1 Å². The number of unbranched alkanes of at least 4 members (excludes halogenated alkanes) is 2. The van der Waals surface area contributed by atoms with Gasteiger partial charge in [-0.25, -0.2) is 4.39 Å². The Labute approximate surface area is 165 Å². The molecular weight excluding hydrogens is 335 g/mol. The summed E-state index contributed by atoms with van der Waals surface area (Å²) in [6.45, 7) is 3.05. The molecule has 0 atom stereocenters. The Morgan fingerprint density at radius 3 is 2.19 bits per heavy atom. The van der Waals surface area contributed by atoms with E-state index in [-0.39, 0.29) is 5.82 Å². The molecule has 0 bridgehead atoms. The highest BCUT2D eigenvalue weighted by Crippen LogP contribution is 2.41. The summed E-state index contributed by atoms with van der Waals surface area (Å²) in [5.41, 5.74) is 0. The van der Waals surface area contributed by atoms with Crippen LogP contribution >= 0.6 is 0 Å². The van der Waals surface area contributed by atoms with Gasteiger partial charge < -0.3 is 4.74 Å². The van der Waals surface area contributed by atoms with E-state index in [4.69, 9.17) is 4.74 Å². The van der Waals surface area contributed by atoms with Crippen molar-refractivity contribution in [2.75, 3.05) is 6.61 Å². The van der Waals surface area contributed by atoms with Gasteiger partial charge in [-0.1, -0.05) is 31.9 Å². The van der Waals surface area contributed by atoms with E-state index < -0.39 is 0 Å². The smallest absolute Gasteiger partial charge is 0.123 e. The number of halogens is 1. The van der Waals surface area contributed by atoms with Gasteiger partial charge in [-0.2, -0.15) is 0 Å². The van der Waals surface area contributed by atoms with Crippen LogP contribution in [0.15, 0.2) is 36.4 Å². The average Bonchev–Trinajstić information content (AvgIpc) is 2.72. The summed E-state index contributed by atoms with van der Waals surface area (Å²) in [7, 11) is 0. The third kappa shape index (κ3) is 6.66. The van der Waals surface area contributed by atoms with Gasteiger partial charge >= 0.3 is 0 Å². The second kappa shape index (κ2) is 10.9. The Bertz CT molecular complexity index is 548. The fourth-order valence-electron chi connectivity index (χ4n) is 4.99. The Hall–Kier alpha value is -1.31. The average molecular weight is 373 g/mol. The Balaban J connectivity index is 1.32. The molecular formula is C25H37FO. The van der Waals surface area contributed by atoms with Crippen LogP contribution in [0, 0.1) is 29.5 Å². The second-order valence-corrected chi connectivity index (χ2v) is 8.79. The first kappa shape index (κ1) is 20.4. The number of hydrogen-bond acceptors (Lipinski definition) is 1. The summed E-state index contributed by atoms with van der Waals surface area (Å²) >= 11 is 0. The van der Waals surface area contributed by atoms with Crippen LogP contribution in [0.25, 0.3) is 0 Å². The Kier molecular flexibility index (Phi) is 8.23. The molecule has 3 rings (SSSR count). The van der Waals surface area contributed by atoms with Crippen molar-refractivity contribution < 1.29 is 9.13 Å². The molecule has 0 saturated heterocycles. The van der Waals surface area contributed by atoms with Crippen LogP contribution in [0.4, 0.5) is 4.39 Å². The zero-order valence-corrected chi connectivity index (χ0v) is 17.0. The van der Waals surface area contributed by atoms with Crippen LogP contribution in [0.3, 0.4) is 0 Å². The van der Waals surface area contributed by atoms with Crippen molar-refractivity contribution in [1.82, 2.24) is 0 Å². The molecule has 0 aliphatic heterocycles. The highest BCUT2D eigenvalue weighted by molar-refractivity contribution is 5.22. The van der Waals surface area contributed by atoms with Crippen LogP contribution < -0.4 is 4.74 Å². The third-order valence-electron chi connectivity index (χ3n) is 6.81. The quantitative estimate of drug-likeness (QED) is 0.338. The highest BCUT2D eigenvalue weighted by Gasteiger charge is 2.30. The first-order chi connectivity index (χ1) is 13.2. The SMILES string of the molecule is CCCC/C=C/C1CCC(C2CCC(COc3ccc(F)cc3)CC2)CC1. The molecule has 0 spiro atoms. The van der Waals surface area contributed by atoms with E-state index in [0.29, 0.717) is 5.92 Å². The lowest BCUT2D eigenvalue weighted by molar-refractivity contribution is 0.129. The van der Waals surface area contributed by atoms with Crippen LogP contribution in [0.1, 0.15) is 77.6 Å². The standard InChI is InChI=1S/C25H37FO/c1-2-3-4-5-6-20-7-11-22(12-8-20)23-13-9-21(10-14-23)19-27-25-17-15-24(26)16-18-25/h5-6,15-18,20-23H,2-4,7-14,19H2,1H3/b6-5+. The van der Waals surface area contributed by atoms with E-state index >= 15 is 0 Å². The number of allylic oxidation sites excluding steroid dienone is 2. The molecule has 2 aliphatic carbocycles. The van der Waals surface area contributed by atoms with Gasteiger partial charge in [0.15, 0.2) is 0 Å². The van der Waals surface area contributed by atoms with Gasteiger partial charge in [0.2, 0.25) is 0 Å². The van der Waals surface area contributed by atoms with Crippen LogP contribution in [-0.2, 0) is 0 Å². The zero-order valence-electron chi connectivity index (χ0n) is 17.0. The minimum atomic E-state index is -0.200. The lowest BCUT2D eigenvalue weighted by Crippen LogP contribution is -2.27. The van der Waals surface area contributed by atoms with Gasteiger partial charge in [0, 0.05) is 0 Å². The fourth-order valence-corrected chi connectivity index (χ4v) is 4.99. The maximum Gasteiger partial charge on any atom is 0.123 e. The molecule has 2 fully saturated rings. The molecule has 1 aromatic rings. The first-order valence-electron chi connectivity index (χ1n) is 11.3. The zero-order chi connectivity index (χ0) is 18.9. The van der Waals surface area contributed by atoms with Crippen LogP contribution in [-0.4, -0.2) is 6.61 Å². The third-order valence-corrected chi connectivity index (χ3v) is 6.81. The molecule has 1 aromatic carbocycles. The van der Waals surface area contributed by atoms with Crippen molar-refractivity contribution in [2.45, 2.75) is 77.6 Å². The largest absolute Gasteiger partial charge is 0.493 e. The van der Waals surface area contributed by atoms with Crippen molar-refractivity contribution in [3.8, 4) is 5.75 Å². The maximum atomic E-state index is 13.0. The molecule has 0 unspecified atom stereocenters. The number of ether oxygens (including phenoxy) is 1. The minimum Gasteiger partial charge on any atom is -0.493 e. The number of benzene rings is 1. The summed E-state index contributed by atoms with van der Waals surface area (Å²) in [4.78, 5) is 0. The molecule has 0 aromatic heterocycles. The molecule has 150 valence electrons. The van der Waals surface area contributed by atoms with Gasteiger partial charge in [-0.15, -0.1) is 0 Å². The molecule has 0 N–H and O–H groups in total. The van der Waals surface area contributed by atoms with E-state index in [2.05, 4.69) is 19.1 Å². The minimum absolute atomic E-state index is 0.200. The van der Waals surface area contributed by atoms with Crippen molar-refractivity contribution >= 4 is 0 Å². The van der Waals surface area contributed by atoms with Gasteiger partial charge in [-0.05, 0) is 106 Å². The highest BCUT2D eigenvalue weighted by atomic mass is 19.1. The summed E-state index contributed by atoms with van der Waals surface area (Å²) in [5.74, 6) is 4.02. The van der Waals surface area contributed by atoms with Gasteiger partial charge in [0.25, 0.3) is 0 Å². The maximum absolute atomic E-state index is 13.0. The van der Waals surface area contributed by atoms with Gasteiger partial charge in [-0.3, -0.25) is 0 Å². The molecule has 0 amide bonds. The van der Waals surface area contributed by atoms with Gasteiger partial charge in [0.1, 0.15) is 11.6 Å². The summed E-state index contributed by atoms with van der Waals surface area (Å²) in [6.07, 6.45) is 19.9. The van der Waals surface area contributed by atoms with Gasteiger partial charge in [0.05, 0.1) is 6.61 Å². The molecule has 0 radical (unpaired) electrons. The summed E-state index contributed by atoms with van der Waals surface area (Å²) in [5, 5.41) is 0. The molecule has 2 saturated carbocycles. The van der Waals surface area contributed by atoms with E-state index in [1.165, 1.54) is 82.8 Å². The van der Waals surface area contributed by atoms with E-state index in [1.807, 2.05) is 0 Å². The lowest BCUT2D eigenvalue weighted by atomic mass is 9.69. The monoisotopic (exact) mass is 372 g/mol. The van der Waals surface area contributed by atoms with E-state index in [9.17, 15) is 4.39 Å². The normalized spacial score (nSPS) is 29.1. The molecule has 27 heavy (non-hydrogen) atoms. The number of rotatable bonds is 8. The van der Waals surface area contributed by atoms with Crippen molar-refractivity contribution in [2.24, 2.45) is 23.7 Å². The Morgan fingerprint density at radius 2 is 1.56 bits per heavy atom. The summed E-state index contributed by atoms with van der Waals surface area (Å²) in [6, 6.07) is 6.41. The predicted octanol–water partition coefficient (Wildman–Crippen LogP) is 7.56. The molecule has 2 heteroatoms. The number of hydrogen-bond donors (Lipinski definition) is 0. The second-order valence-electron chi connectivity index (χ2n) is 8.79. The summed E-state index contributed by atoms with van der Waals surface area (Å²) < 4.78 is 18.8. The Morgan fingerprint density at radius 1 is 0.926 bits per heavy atom. The lowest BCUT2D eigenvalue weighted by Gasteiger charge is -2.37. The van der Waals surface area contributed by atoms with Crippen LogP contribution in [0.2, 0.25) is 0 Å². The van der Waals surface area contributed by atoms with Crippen molar-refractivity contribution in [3.63, 3.8) is 0 Å². The predicted molar refractivity (Wildman–Crippen MR) is 111 cm³/mol. The van der Waals surface area contributed by atoms with Crippen molar-refractivity contribution in [3.05, 3.63) is 42.2 Å². The first-order valence-corrected chi connectivity index (χ1v) is 11.3. The molecule has 2 aliphatic rings. The van der Waals surface area contributed by atoms with Crippen molar-refractivity contribution in [1.29, 1.82) is 0 Å². The topological polar surface area (TPSA) is 9.23 Å². The molecule has 1 nitrogen and oxygen atoms in total. The fraction of sp³-hybridized carbons (Fsp3) is 0.680. The van der Waals surface area contributed by atoms with E-state index in [0.717, 1.165) is 30.1 Å².